The van der Waals surface area contributed by atoms with Crippen LogP contribution in [0.25, 0.3) is 0 Å². The minimum absolute atomic E-state index is 0.136. The van der Waals surface area contributed by atoms with Crippen LogP contribution in [-0.4, -0.2) is 23.1 Å². The molecule has 0 saturated carbocycles. The van der Waals surface area contributed by atoms with E-state index in [1.807, 2.05) is 0 Å². The number of carboxylic acid groups (broad SMARTS) is 1. The molecular formula is C42H72O4. The van der Waals surface area contributed by atoms with Crippen molar-refractivity contribution in [3.63, 3.8) is 0 Å². The van der Waals surface area contributed by atoms with Crippen LogP contribution >= 0.6 is 0 Å². The first-order valence-electron chi connectivity index (χ1n) is 19.3. The molecule has 0 saturated heterocycles. The third-order valence-corrected chi connectivity index (χ3v) is 8.25. The lowest BCUT2D eigenvalue weighted by atomic mass is 10.0. The van der Waals surface area contributed by atoms with Crippen molar-refractivity contribution in [3.8, 4) is 0 Å². The van der Waals surface area contributed by atoms with Crippen LogP contribution in [0.5, 0.6) is 0 Å². The molecule has 0 aliphatic rings. The summed E-state index contributed by atoms with van der Waals surface area (Å²) in [7, 11) is 0. The monoisotopic (exact) mass is 641 g/mol. The number of rotatable bonds is 34. The van der Waals surface area contributed by atoms with Crippen molar-refractivity contribution in [2.75, 3.05) is 0 Å². The van der Waals surface area contributed by atoms with Gasteiger partial charge in [0.1, 0.15) is 6.10 Å². The number of esters is 1. The Morgan fingerprint density at radius 3 is 1.37 bits per heavy atom. The number of carboxylic acids is 1. The van der Waals surface area contributed by atoms with Gasteiger partial charge in [0, 0.05) is 12.8 Å². The number of aliphatic carboxylic acids is 1. The molecule has 0 bridgehead atoms. The second-order valence-corrected chi connectivity index (χ2v) is 12.7. The first-order chi connectivity index (χ1) is 22.6. The van der Waals surface area contributed by atoms with Gasteiger partial charge in [-0.05, 0) is 70.6 Å². The predicted octanol–water partition coefficient (Wildman–Crippen LogP) is 13.3. The average molecular weight is 641 g/mol. The Morgan fingerprint density at radius 1 is 0.500 bits per heavy atom. The fraction of sp³-hybridized carbons (Fsp3) is 0.714. The van der Waals surface area contributed by atoms with E-state index in [4.69, 9.17) is 9.84 Å². The molecule has 1 atom stereocenters. The zero-order valence-electron chi connectivity index (χ0n) is 30.1. The van der Waals surface area contributed by atoms with Crippen molar-refractivity contribution < 1.29 is 19.4 Å². The van der Waals surface area contributed by atoms with E-state index in [0.29, 0.717) is 19.3 Å². The highest BCUT2D eigenvalue weighted by Gasteiger charge is 2.15. The highest BCUT2D eigenvalue weighted by Crippen LogP contribution is 2.18. The topological polar surface area (TPSA) is 63.6 Å². The van der Waals surface area contributed by atoms with Crippen molar-refractivity contribution in [2.45, 2.75) is 193 Å². The van der Waals surface area contributed by atoms with Crippen molar-refractivity contribution in [1.82, 2.24) is 0 Å². The molecule has 0 aromatic heterocycles. The van der Waals surface area contributed by atoms with Crippen LogP contribution in [0.1, 0.15) is 187 Å². The summed E-state index contributed by atoms with van der Waals surface area (Å²) in [4.78, 5) is 23.5. The largest absolute Gasteiger partial charge is 0.481 e. The van der Waals surface area contributed by atoms with E-state index < -0.39 is 5.97 Å². The van der Waals surface area contributed by atoms with Crippen molar-refractivity contribution in [1.29, 1.82) is 0 Å². The van der Waals surface area contributed by atoms with E-state index in [-0.39, 0.29) is 18.5 Å². The number of allylic oxidation sites excluding steroid dienone is 10. The van der Waals surface area contributed by atoms with Crippen LogP contribution in [0.2, 0.25) is 0 Å². The Kier molecular flexibility index (Phi) is 35.2. The van der Waals surface area contributed by atoms with Gasteiger partial charge in [-0.2, -0.15) is 0 Å². The van der Waals surface area contributed by atoms with E-state index in [1.165, 1.54) is 83.5 Å². The zero-order chi connectivity index (χ0) is 33.6. The second kappa shape index (κ2) is 37.1. The van der Waals surface area contributed by atoms with Gasteiger partial charge in [0.15, 0.2) is 0 Å². The molecule has 0 spiro atoms. The summed E-state index contributed by atoms with van der Waals surface area (Å²) in [6.45, 7) is 4.43. The lowest BCUT2D eigenvalue weighted by Gasteiger charge is -2.18. The fourth-order valence-electron chi connectivity index (χ4n) is 5.46. The fourth-order valence-corrected chi connectivity index (χ4v) is 5.46. The van der Waals surface area contributed by atoms with Gasteiger partial charge in [0.05, 0.1) is 0 Å². The summed E-state index contributed by atoms with van der Waals surface area (Å²) in [5.74, 6) is -0.928. The Morgan fingerprint density at radius 2 is 0.913 bits per heavy atom. The SMILES string of the molecule is CC/C=C\C/C=C\C/C=C\C/C=C\C/C=C\CCCC(=O)OC(CCCCCCCCCCCCCCCCC)CCCC(=O)O. The molecule has 1 unspecified atom stereocenters. The second-order valence-electron chi connectivity index (χ2n) is 12.7. The average Bonchev–Trinajstić information content (AvgIpc) is 3.04. The molecule has 0 aromatic rings. The van der Waals surface area contributed by atoms with Crippen molar-refractivity contribution in [3.05, 3.63) is 60.8 Å². The standard InChI is InChI=1S/C42H72O4/c1-3-5-7-9-11-13-15-17-19-20-22-24-26-28-30-32-34-39-42(45)46-40(37-35-38-41(43)44)36-33-31-29-27-25-23-21-18-16-14-12-10-8-6-4-2/h5,7,11,13,17,19,22,24,28,30,40H,3-4,6,8-10,12,14-16,18,20-21,23,25-27,29,31-39H2,1-2H3,(H,43,44)/b7-5-,13-11-,19-17-,24-22-,30-28-. The van der Waals surface area contributed by atoms with Crippen LogP contribution < -0.4 is 0 Å². The van der Waals surface area contributed by atoms with Gasteiger partial charge in [-0.3, -0.25) is 9.59 Å². The molecular weight excluding hydrogens is 568 g/mol. The summed E-state index contributed by atoms with van der Waals surface area (Å²) < 4.78 is 5.80. The van der Waals surface area contributed by atoms with Crippen LogP contribution in [0, 0.1) is 0 Å². The lowest BCUT2D eigenvalue weighted by Crippen LogP contribution is -2.18. The van der Waals surface area contributed by atoms with E-state index in [9.17, 15) is 9.59 Å². The molecule has 0 heterocycles. The van der Waals surface area contributed by atoms with Gasteiger partial charge in [0.25, 0.3) is 0 Å². The van der Waals surface area contributed by atoms with Gasteiger partial charge in [-0.1, -0.05) is 164 Å². The zero-order valence-corrected chi connectivity index (χ0v) is 30.1. The quantitative estimate of drug-likeness (QED) is 0.0432. The number of hydrogen-bond donors (Lipinski definition) is 1. The van der Waals surface area contributed by atoms with Gasteiger partial charge < -0.3 is 9.84 Å². The van der Waals surface area contributed by atoms with Gasteiger partial charge in [-0.15, -0.1) is 0 Å². The van der Waals surface area contributed by atoms with E-state index >= 15 is 0 Å². The molecule has 1 N–H and O–H groups in total. The smallest absolute Gasteiger partial charge is 0.306 e. The van der Waals surface area contributed by atoms with Gasteiger partial charge in [-0.25, -0.2) is 0 Å². The summed E-state index contributed by atoms with van der Waals surface area (Å²) >= 11 is 0. The highest BCUT2D eigenvalue weighted by molar-refractivity contribution is 5.69. The maximum Gasteiger partial charge on any atom is 0.306 e. The molecule has 0 fully saturated rings. The molecule has 4 nitrogen and oxygen atoms in total. The molecule has 0 radical (unpaired) electrons. The van der Waals surface area contributed by atoms with Crippen molar-refractivity contribution in [2.24, 2.45) is 0 Å². The number of unbranched alkanes of at least 4 members (excludes halogenated alkanes) is 15. The minimum Gasteiger partial charge on any atom is -0.481 e. The molecule has 0 aliphatic carbocycles. The molecule has 0 aliphatic heterocycles. The Bertz CT molecular complexity index is 820. The minimum atomic E-state index is -0.783. The van der Waals surface area contributed by atoms with Crippen LogP contribution in [0.3, 0.4) is 0 Å². The molecule has 0 aromatic carbocycles. The Balaban J connectivity index is 3.95. The maximum atomic E-state index is 12.5. The molecule has 46 heavy (non-hydrogen) atoms. The van der Waals surface area contributed by atoms with Crippen LogP contribution in [0.4, 0.5) is 0 Å². The normalized spacial score (nSPS) is 12.9. The summed E-state index contributed by atoms with van der Waals surface area (Å²) in [5, 5.41) is 9.02. The van der Waals surface area contributed by atoms with Crippen molar-refractivity contribution >= 4 is 11.9 Å². The first kappa shape index (κ1) is 43.6. The number of carbonyl (C=O) groups is 2. The molecule has 0 amide bonds. The van der Waals surface area contributed by atoms with Gasteiger partial charge in [0.2, 0.25) is 0 Å². The Labute approximate surface area is 284 Å². The third kappa shape index (κ3) is 36.1. The summed E-state index contributed by atoms with van der Waals surface area (Å²) in [5.41, 5.74) is 0. The maximum absolute atomic E-state index is 12.5. The number of ether oxygens (including phenoxy) is 1. The lowest BCUT2D eigenvalue weighted by molar-refractivity contribution is -0.150. The summed E-state index contributed by atoms with van der Waals surface area (Å²) in [6.07, 6.45) is 50.9. The van der Waals surface area contributed by atoms with Crippen LogP contribution in [-0.2, 0) is 14.3 Å². The van der Waals surface area contributed by atoms with E-state index in [1.54, 1.807) is 0 Å². The van der Waals surface area contributed by atoms with Gasteiger partial charge >= 0.3 is 11.9 Å². The summed E-state index contributed by atoms with van der Waals surface area (Å²) in [6, 6.07) is 0. The Hall–Kier alpha value is -2.36. The number of carbonyl (C=O) groups excluding carboxylic acids is 1. The first-order valence-corrected chi connectivity index (χ1v) is 19.3. The van der Waals surface area contributed by atoms with Crippen LogP contribution in [0.15, 0.2) is 60.8 Å². The van der Waals surface area contributed by atoms with E-state index in [0.717, 1.165) is 64.2 Å². The molecule has 0 rings (SSSR count). The predicted molar refractivity (Wildman–Crippen MR) is 199 cm³/mol. The highest BCUT2D eigenvalue weighted by atomic mass is 16.5. The van der Waals surface area contributed by atoms with E-state index in [2.05, 4.69) is 74.6 Å². The molecule has 264 valence electrons. The number of hydrogen-bond acceptors (Lipinski definition) is 3. The third-order valence-electron chi connectivity index (χ3n) is 8.25. The molecule has 4 heteroatoms.